The molecule has 0 saturated heterocycles. The third-order valence-corrected chi connectivity index (χ3v) is 3.49. The van der Waals surface area contributed by atoms with Crippen LogP contribution in [0.5, 0.6) is 5.75 Å². The van der Waals surface area contributed by atoms with E-state index in [0.29, 0.717) is 5.76 Å². The molecule has 106 valence electrons. The van der Waals surface area contributed by atoms with Crippen molar-refractivity contribution in [3.63, 3.8) is 0 Å². The molecule has 0 aliphatic rings. The molecule has 1 heterocycles. The van der Waals surface area contributed by atoms with Gasteiger partial charge in [-0.2, -0.15) is 0 Å². The Morgan fingerprint density at radius 1 is 1.40 bits per heavy atom. The van der Waals surface area contributed by atoms with E-state index in [1.807, 2.05) is 35.9 Å². The number of nitrogen functional groups attached to an aromatic ring is 1. The first kappa shape index (κ1) is 14.5. The van der Waals surface area contributed by atoms with Gasteiger partial charge < -0.3 is 9.15 Å². The minimum atomic E-state index is -0.446. The average Bonchev–Trinajstić information content (AvgIpc) is 2.86. The van der Waals surface area contributed by atoms with Crippen LogP contribution in [0, 0.1) is 6.92 Å². The molecule has 0 aliphatic carbocycles. The summed E-state index contributed by atoms with van der Waals surface area (Å²) in [6, 6.07) is 9.53. The van der Waals surface area contributed by atoms with Gasteiger partial charge in [0.1, 0.15) is 18.1 Å². The second-order valence-electron chi connectivity index (χ2n) is 4.16. The molecule has 0 bridgehead atoms. The van der Waals surface area contributed by atoms with E-state index in [1.54, 1.807) is 24.8 Å². The van der Waals surface area contributed by atoms with E-state index in [-0.39, 0.29) is 12.4 Å². The minimum Gasteiger partial charge on any atom is -0.486 e. The Bertz CT molecular complexity index is 593. The maximum atomic E-state index is 11.4. The fraction of sp³-hybridized carbons (Fsp3) is 0.214. The molecule has 0 saturated carbocycles. The lowest BCUT2D eigenvalue weighted by Gasteiger charge is -2.04. The quantitative estimate of drug-likeness (QED) is 0.383. The lowest BCUT2D eigenvalue weighted by atomic mass is 10.2. The summed E-state index contributed by atoms with van der Waals surface area (Å²) in [5.74, 6) is 6.18. The molecule has 6 heteroatoms. The number of carbonyl (C=O) groups is 1. The van der Waals surface area contributed by atoms with Crippen LogP contribution in [0.3, 0.4) is 0 Å². The summed E-state index contributed by atoms with van der Waals surface area (Å²) in [5, 5.41) is 0. The van der Waals surface area contributed by atoms with Crippen LogP contribution in [0.2, 0.25) is 0 Å². The smallest absolute Gasteiger partial charge is 0.301 e. The number of carbonyl (C=O) groups excluding carboxylic acids is 1. The third-order valence-electron chi connectivity index (χ3n) is 2.75. The number of hydrogen-bond donors (Lipinski definition) is 2. The van der Waals surface area contributed by atoms with Crippen molar-refractivity contribution < 1.29 is 13.9 Å². The molecule has 2 rings (SSSR count). The van der Waals surface area contributed by atoms with E-state index in [9.17, 15) is 4.79 Å². The van der Waals surface area contributed by atoms with Crippen LogP contribution >= 0.6 is 11.8 Å². The Morgan fingerprint density at radius 2 is 2.10 bits per heavy atom. The highest BCUT2D eigenvalue weighted by atomic mass is 32.2. The maximum Gasteiger partial charge on any atom is 0.301 e. The Balaban J connectivity index is 2.01. The first-order valence-corrected chi connectivity index (χ1v) is 7.23. The summed E-state index contributed by atoms with van der Waals surface area (Å²) in [7, 11) is 0. The van der Waals surface area contributed by atoms with Crippen molar-refractivity contribution in [2.75, 3.05) is 6.26 Å². The van der Waals surface area contributed by atoms with Crippen LogP contribution in [0.15, 0.2) is 39.6 Å². The molecule has 0 aliphatic heterocycles. The summed E-state index contributed by atoms with van der Waals surface area (Å²) in [6.45, 7) is 2.04. The number of furan rings is 1. The molecule has 20 heavy (non-hydrogen) atoms. The number of benzene rings is 1. The first-order valence-electron chi connectivity index (χ1n) is 6.01. The zero-order chi connectivity index (χ0) is 14.5. The lowest BCUT2D eigenvalue weighted by molar-refractivity contribution is 0.0921. The molecule has 0 unspecified atom stereocenters. The van der Waals surface area contributed by atoms with Crippen LogP contribution in [0.4, 0.5) is 0 Å². The van der Waals surface area contributed by atoms with Gasteiger partial charge >= 0.3 is 5.91 Å². The summed E-state index contributed by atoms with van der Waals surface area (Å²) in [4.78, 5) is 12.6. The van der Waals surface area contributed by atoms with Gasteiger partial charge in [-0.3, -0.25) is 10.2 Å². The van der Waals surface area contributed by atoms with E-state index in [0.717, 1.165) is 11.3 Å². The summed E-state index contributed by atoms with van der Waals surface area (Å²) < 4.78 is 11.0. The monoisotopic (exact) mass is 292 g/mol. The van der Waals surface area contributed by atoms with Crippen LogP contribution in [-0.4, -0.2) is 12.2 Å². The number of nitrogens with two attached hydrogens (primary N) is 1. The van der Waals surface area contributed by atoms with Gasteiger partial charge in [0.2, 0.25) is 0 Å². The number of thioether (sulfide) groups is 1. The van der Waals surface area contributed by atoms with Crippen molar-refractivity contribution >= 4 is 17.7 Å². The predicted molar refractivity (Wildman–Crippen MR) is 77.7 cm³/mol. The molecule has 1 aromatic heterocycles. The van der Waals surface area contributed by atoms with E-state index in [1.165, 1.54) is 4.90 Å². The van der Waals surface area contributed by atoms with Crippen molar-refractivity contribution in [2.24, 2.45) is 5.84 Å². The molecule has 1 aromatic carbocycles. The number of aryl methyl sites for hydroxylation is 1. The largest absolute Gasteiger partial charge is 0.486 e. The van der Waals surface area contributed by atoms with Crippen molar-refractivity contribution in [3.8, 4) is 5.75 Å². The van der Waals surface area contributed by atoms with Crippen LogP contribution in [-0.2, 0) is 6.61 Å². The lowest BCUT2D eigenvalue weighted by Crippen LogP contribution is -2.30. The Kier molecular flexibility index (Phi) is 4.70. The fourth-order valence-electron chi connectivity index (χ4n) is 1.74. The van der Waals surface area contributed by atoms with E-state index in [4.69, 9.17) is 15.0 Å². The number of rotatable bonds is 5. The van der Waals surface area contributed by atoms with Crippen molar-refractivity contribution in [1.29, 1.82) is 0 Å². The zero-order valence-corrected chi connectivity index (χ0v) is 12.1. The topological polar surface area (TPSA) is 77.5 Å². The molecule has 5 nitrogen and oxygen atoms in total. The van der Waals surface area contributed by atoms with Gasteiger partial charge in [-0.15, -0.1) is 11.8 Å². The summed E-state index contributed by atoms with van der Waals surface area (Å²) >= 11 is 1.67. The molecule has 1 amide bonds. The van der Waals surface area contributed by atoms with Gasteiger partial charge in [-0.1, -0.05) is 0 Å². The van der Waals surface area contributed by atoms with Crippen LogP contribution in [0.25, 0.3) is 0 Å². The summed E-state index contributed by atoms with van der Waals surface area (Å²) in [6.07, 6.45) is 2.02. The molecule has 0 fully saturated rings. The highest BCUT2D eigenvalue weighted by Gasteiger charge is 2.14. The van der Waals surface area contributed by atoms with Gasteiger partial charge in [-0.05, 0) is 43.5 Å². The van der Waals surface area contributed by atoms with Crippen LogP contribution in [0.1, 0.15) is 21.9 Å². The molecule has 0 spiro atoms. The number of hydrazine groups is 1. The van der Waals surface area contributed by atoms with Gasteiger partial charge in [0, 0.05) is 10.5 Å². The number of nitrogens with one attached hydrogen (secondary N) is 1. The highest BCUT2D eigenvalue weighted by molar-refractivity contribution is 7.98. The Morgan fingerprint density at radius 3 is 2.70 bits per heavy atom. The Labute approximate surface area is 121 Å². The first-order chi connectivity index (χ1) is 9.63. The molecular weight excluding hydrogens is 276 g/mol. The molecule has 2 aromatic rings. The fourth-order valence-corrected chi connectivity index (χ4v) is 2.14. The predicted octanol–water partition coefficient (Wildman–Crippen LogP) is 2.49. The SMILES string of the molecule is CSc1ccc(OCc2cc(C)c(C(=O)NN)o2)cc1. The van der Waals surface area contributed by atoms with E-state index >= 15 is 0 Å². The minimum absolute atomic E-state index is 0.212. The van der Waals surface area contributed by atoms with Gasteiger partial charge in [0.25, 0.3) is 0 Å². The second kappa shape index (κ2) is 6.49. The van der Waals surface area contributed by atoms with Gasteiger partial charge in [0.15, 0.2) is 5.76 Å². The van der Waals surface area contributed by atoms with Crippen molar-refractivity contribution in [1.82, 2.24) is 5.43 Å². The van der Waals surface area contributed by atoms with Gasteiger partial charge in [-0.25, -0.2) is 5.84 Å². The zero-order valence-electron chi connectivity index (χ0n) is 11.3. The Hall–Kier alpha value is -1.92. The number of amides is 1. The van der Waals surface area contributed by atoms with Gasteiger partial charge in [0.05, 0.1) is 0 Å². The van der Waals surface area contributed by atoms with Crippen molar-refractivity contribution in [2.45, 2.75) is 18.4 Å². The number of ether oxygens (including phenoxy) is 1. The molecule has 0 atom stereocenters. The summed E-state index contributed by atoms with van der Waals surface area (Å²) in [5.41, 5.74) is 2.77. The third kappa shape index (κ3) is 3.34. The van der Waals surface area contributed by atoms with E-state index in [2.05, 4.69) is 0 Å². The second-order valence-corrected chi connectivity index (χ2v) is 5.04. The average molecular weight is 292 g/mol. The van der Waals surface area contributed by atoms with Crippen molar-refractivity contribution in [3.05, 3.63) is 47.4 Å². The van der Waals surface area contributed by atoms with Crippen LogP contribution < -0.4 is 16.0 Å². The van der Waals surface area contributed by atoms with E-state index < -0.39 is 5.91 Å². The standard InChI is InChI=1S/C14H16N2O3S/c1-9-7-11(19-13(9)14(17)16-15)8-18-10-3-5-12(20-2)6-4-10/h3-7H,8,15H2,1-2H3,(H,16,17). The molecule has 3 N–H and O–H groups in total. The highest BCUT2D eigenvalue weighted by Crippen LogP contribution is 2.21. The number of hydrogen-bond acceptors (Lipinski definition) is 5. The normalized spacial score (nSPS) is 10.3. The maximum absolute atomic E-state index is 11.4. The molecular formula is C14H16N2O3S. The molecule has 0 radical (unpaired) electrons.